The van der Waals surface area contributed by atoms with Crippen LogP contribution in [-0.2, 0) is 22.7 Å². The van der Waals surface area contributed by atoms with Crippen LogP contribution in [0.3, 0.4) is 0 Å². The Morgan fingerprint density at radius 1 is 0.559 bits per heavy atom. The van der Waals surface area contributed by atoms with E-state index in [9.17, 15) is 10.2 Å². The Kier molecular flexibility index (Phi) is 14.8. The molecule has 0 spiro atoms. The molecule has 4 nitrogen and oxygen atoms in total. The molecule has 0 heterocycles. The molecule has 34 heavy (non-hydrogen) atoms. The van der Waals surface area contributed by atoms with Gasteiger partial charge in [-0.3, -0.25) is 0 Å². The van der Waals surface area contributed by atoms with Crippen molar-refractivity contribution < 1.29 is 19.7 Å². The second-order valence-corrected chi connectivity index (χ2v) is 9.35. The van der Waals surface area contributed by atoms with E-state index in [0.717, 1.165) is 62.5 Å². The number of hydrogen-bond acceptors (Lipinski definition) is 4. The molecule has 0 bridgehead atoms. The fourth-order valence-electron chi connectivity index (χ4n) is 4.24. The number of aliphatic hydroxyl groups is 2. The standard InChI is InChI=1S/C30H46O4/c1-3-5-7-15-21-27(33-23-25-17-11-9-12-18-25)29(31)30(32)28(22-16-8-6-4-2)34-24-26-19-13-10-14-20-26/h9-14,17-20,27-32H,3-8,15-16,21-24H2,1-2H3/t27-,28-,29+,30+/m0/s1. The topological polar surface area (TPSA) is 58.9 Å². The summed E-state index contributed by atoms with van der Waals surface area (Å²) in [6.07, 6.45) is 7.46. The quantitative estimate of drug-likeness (QED) is 0.221. The van der Waals surface area contributed by atoms with Gasteiger partial charge in [-0.05, 0) is 24.0 Å². The van der Waals surface area contributed by atoms with Crippen LogP contribution in [-0.4, -0.2) is 34.6 Å². The Labute approximate surface area is 207 Å². The Bertz CT molecular complexity index is 658. The van der Waals surface area contributed by atoms with Gasteiger partial charge in [0, 0.05) is 0 Å². The summed E-state index contributed by atoms with van der Waals surface area (Å²) < 4.78 is 12.4. The van der Waals surface area contributed by atoms with E-state index in [-0.39, 0.29) is 0 Å². The second-order valence-electron chi connectivity index (χ2n) is 9.35. The summed E-state index contributed by atoms with van der Waals surface area (Å²) >= 11 is 0. The van der Waals surface area contributed by atoms with Gasteiger partial charge in [-0.2, -0.15) is 0 Å². The number of benzene rings is 2. The first kappa shape index (κ1) is 28.5. The van der Waals surface area contributed by atoms with E-state index in [4.69, 9.17) is 9.47 Å². The SMILES string of the molecule is CCCCCC[C@H](OCc1ccccc1)[C@@H](O)[C@H](O)[C@H](CCCCCC)OCc1ccccc1. The van der Waals surface area contributed by atoms with Crippen LogP contribution in [0, 0.1) is 0 Å². The Hall–Kier alpha value is -1.72. The van der Waals surface area contributed by atoms with Crippen LogP contribution >= 0.6 is 0 Å². The summed E-state index contributed by atoms with van der Waals surface area (Å²) in [6.45, 7) is 5.23. The van der Waals surface area contributed by atoms with Crippen molar-refractivity contribution >= 4 is 0 Å². The summed E-state index contributed by atoms with van der Waals surface area (Å²) in [5.41, 5.74) is 2.14. The average molecular weight is 471 g/mol. The van der Waals surface area contributed by atoms with E-state index in [1.165, 1.54) is 12.8 Å². The van der Waals surface area contributed by atoms with Gasteiger partial charge < -0.3 is 19.7 Å². The lowest BCUT2D eigenvalue weighted by atomic mass is 9.95. The molecule has 2 aromatic carbocycles. The maximum atomic E-state index is 11.2. The zero-order valence-corrected chi connectivity index (χ0v) is 21.3. The van der Waals surface area contributed by atoms with E-state index >= 15 is 0 Å². The zero-order valence-electron chi connectivity index (χ0n) is 21.3. The summed E-state index contributed by atoms with van der Waals surface area (Å²) in [5, 5.41) is 22.5. The minimum Gasteiger partial charge on any atom is -0.388 e. The second kappa shape index (κ2) is 17.7. The molecule has 0 fully saturated rings. The van der Waals surface area contributed by atoms with Gasteiger partial charge in [0.15, 0.2) is 0 Å². The first-order chi connectivity index (χ1) is 16.7. The summed E-state index contributed by atoms with van der Waals surface area (Å²) in [4.78, 5) is 0. The largest absolute Gasteiger partial charge is 0.388 e. The highest BCUT2D eigenvalue weighted by Gasteiger charge is 2.33. The van der Waals surface area contributed by atoms with Gasteiger partial charge in [0.1, 0.15) is 12.2 Å². The Morgan fingerprint density at radius 3 is 1.29 bits per heavy atom. The molecule has 0 aliphatic heterocycles. The van der Waals surface area contributed by atoms with Crippen LogP contribution in [0.4, 0.5) is 0 Å². The van der Waals surface area contributed by atoms with Gasteiger partial charge in [-0.15, -0.1) is 0 Å². The molecule has 0 aliphatic rings. The number of hydrogen-bond donors (Lipinski definition) is 2. The van der Waals surface area contributed by atoms with Gasteiger partial charge in [-0.1, -0.05) is 126 Å². The molecule has 0 radical (unpaired) electrons. The number of ether oxygens (including phenoxy) is 2. The van der Waals surface area contributed by atoms with Crippen molar-refractivity contribution in [3.63, 3.8) is 0 Å². The summed E-state index contributed by atoms with van der Waals surface area (Å²) in [7, 11) is 0. The monoisotopic (exact) mass is 470 g/mol. The minimum atomic E-state index is -0.989. The third kappa shape index (κ3) is 11.1. The number of rotatable bonds is 19. The molecule has 0 saturated heterocycles. The van der Waals surface area contributed by atoms with Crippen molar-refractivity contribution in [2.75, 3.05) is 0 Å². The maximum Gasteiger partial charge on any atom is 0.109 e. The zero-order chi connectivity index (χ0) is 24.4. The Balaban J connectivity index is 2.03. The highest BCUT2D eigenvalue weighted by atomic mass is 16.5. The molecule has 4 heteroatoms. The average Bonchev–Trinajstić information content (AvgIpc) is 2.88. The molecule has 0 aliphatic carbocycles. The highest BCUT2D eigenvalue weighted by Crippen LogP contribution is 2.22. The fourth-order valence-corrected chi connectivity index (χ4v) is 4.24. The van der Waals surface area contributed by atoms with Gasteiger partial charge in [-0.25, -0.2) is 0 Å². The summed E-state index contributed by atoms with van der Waals surface area (Å²) in [6, 6.07) is 20.0. The lowest BCUT2D eigenvalue weighted by Gasteiger charge is -2.32. The van der Waals surface area contributed by atoms with E-state index in [0.29, 0.717) is 13.2 Å². The molecule has 4 atom stereocenters. The van der Waals surface area contributed by atoms with E-state index < -0.39 is 24.4 Å². The third-order valence-electron chi connectivity index (χ3n) is 6.41. The van der Waals surface area contributed by atoms with Crippen LogP contribution in [0.15, 0.2) is 60.7 Å². The van der Waals surface area contributed by atoms with Gasteiger partial charge in [0.2, 0.25) is 0 Å². The van der Waals surface area contributed by atoms with Crippen molar-refractivity contribution in [2.45, 2.75) is 116 Å². The maximum absolute atomic E-state index is 11.2. The molecule has 190 valence electrons. The lowest BCUT2D eigenvalue weighted by molar-refractivity contribution is -0.147. The van der Waals surface area contributed by atoms with Crippen LogP contribution in [0.25, 0.3) is 0 Å². The molecule has 0 amide bonds. The van der Waals surface area contributed by atoms with Crippen LogP contribution in [0.2, 0.25) is 0 Å². The van der Waals surface area contributed by atoms with Crippen LogP contribution in [0.5, 0.6) is 0 Å². The molecular weight excluding hydrogens is 424 g/mol. The Morgan fingerprint density at radius 2 is 0.941 bits per heavy atom. The van der Waals surface area contributed by atoms with E-state index in [2.05, 4.69) is 13.8 Å². The minimum absolute atomic E-state index is 0.425. The van der Waals surface area contributed by atoms with Crippen molar-refractivity contribution in [3.8, 4) is 0 Å². The molecule has 2 rings (SSSR count). The van der Waals surface area contributed by atoms with Crippen molar-refractivity contribution in [2.24, 2.45) is 0 Å². The lowest BCUT2D eigenvalue weighted by Crippen LogP contribution is -2.46. The normalized spacial score (nSPS) is 15.1. The van der Waals surface area contributed by atoms with E-state index in [1.807, 2.05) is 60.7 Å². The predicted octanol–water partition coefficient (Wildman–Crippen LogP) is 6.82. The number of unbranched alkanes of at least 4 members (excludes halogenated alkanes) is 6. The molecular formula is C30H46O4. The van der Waals surface area contributed by atoms with Crippen LogP contribution in [0.1, 0.15) is 89.2 Å². The molecule has 0 unspecified atom stereocenters. The highest BCUT2D eigenvalue weighted by molar-refractivity contribution is 5.14. The van der Waals surface area contributed by atoms with Gasteiger partial charge in [0.05, 0.1) is 25.4 Å². The van der Waals surface area contributed by atoms with Crippen molar-refractivity contribution in [1.29, 1.82) is 0 Å². The molecule has 2 N–H and O–H groups in total. The van der Waals surface area contributed by atoms with Gasteiger partial charge in [0.25, 0.3) is 0 Å². The predicted molar refractivity (Wildman–Crippen MR) is 140 cm³/mol. The first-order valence-electron chi connectivity index (χ1n) is 13.3. The third-order valence-corrected chi connectivity index (χ3v) is 6.41. The smallest absolute Gasteiger partial charge is 0.109 e. The number of aliphatic hydroxyl groups excluding tert-OH is 2. The van der Waals surface area contributed by atoms with Crippen molar-refractivity contribution in [3.05, 3.63) is 71.8 Å². The van der Waals surface area contributed by atoms with E-state index in [1.54, 1.807) is 0 Å². The first-order valence-corrected chi connectivity index (χ1v) is 13.3. The van der Waals surface area contributed by atoms with Gasteiger partial charge >= 0.3 is 0 Å². The fraction of sp³-hybridized carbons (Fsp3) is 0.600. The molecule has 0 saturated carbocycles. The van der Waals surface area contributed by atoms with Crippen LogP contribution < -0.4 is 0 Å². The summed E-state index contributed by atoms with van der Waals surface area (Å²) in [5.74, 6) is 0. The molecule has 0 aromatic heterocycles. The molecule has 2 aromatic rings. The van der Waals surface area contributed by atoms with Crippen molar-refractivity contribution in [1.82, 2.24) is 0 Å².